The largest absolute Gasteiger partial charge is 0.455 e. The van der Waals surface area contributed by atoms with E-state index >= 15 is 0 Å². The van der Waals surface area contributed by atoms with E-state index in [-0.39, 0.29) is 12.3 Å². The monoisotopic (exact) mass is 669 g/mol. The number of furan rings is 2. The highest BCUT2D eigenvalue weighted by atomic mass is 16.3. The summed E-state index contributed by atoms with van der Waals surface area (Å²) >= 11 is 0. The smallest absolute Gasteiger partial charge is 0.143 e. The molecule has 1 aliphatic rings. The zero-order chi connectivity index (χ0) is 34.2. The van der Waals surface area contributed by atoms with Gasteiger partial charge in [0.25, 0.3) is 0 Å². The maximum absolute atomic E-state index is 6.74. The second-order valence-corrected chi connectivity index (χ2v) is 13.6. The topological polar surface area (TPSA) is 62.7 Å². The van der Waals surface area contributed by atoms with Crippen LogP contribution in [-0.2, 0) is 0 Å². The summed E-state index contributed by atoms with van der Waals surface area (Å²) in [4.78, 5) is 5.37. The number of hydrogen-bond donors (Lipinski definition) is 2. The van der Waals surface area contributed by atoms with Gasteiger partial charge >= 0.3 is 0 Å². The van der Waals surface area contributed by atoms with Crippen LogP contribution in [0.15, 0.2) is 178 Å². The normalized spacial score (nSPS) is 16.3. The molecule has 0 amide bonds. The van der Waals surface area contributed by atoms with Crippen LogP contribution in [-0.4, -0.2) is 5.84 Å². The van der Waals surface area contributed by atoms with Crippen molar-refractivity contribution in [2.75, 3.05) is 0 Å². The predicted molar refractivity (Wildman–Crippen MR) is 213 cm³/mol. The summed E-state index contributed by atoms with van der Waals surface area (Å²) in [6.45, 7) is 0. The molecule has 2 N–H and O–H groups in total. The molecule has 0 fully saturated rings. The number of para-hydroxylation sites is 1. The number of nitrogens with zero attached hydrogens (tertiary/aromatic N) is 1. The first-order valence-electron chi connectivity index (χ1n) is 17.7. The quantitative estimate of drug-likeness (QED) is 0.196. The van der Waals surface area contributed by atoms with E-state index in [2.05, 4.69) is 156 Å². The van der Waals surface area contributed by atoms with E-state index in [9.17, 15) is 0 Å². The fourth-order valence-corrected chi connectivity index (χ4v) is 7.99. The van der Waals surface area contributed by atoms with Crippen LogP contribution in [0.5, 0.6) is 0 Å². The van der Waals surface area contributed by atoms with Crippen LogP contribution in [0.25, 0.3) is 76.5 Å². The lowest BCUT2D eigenvalue weighted by atomic mass is 9.96. The predicted octanol–water partition coefficient (Wildman–Crippen LogP) is 11.8. The Balaban J connectivity index is 1.09. The van der Waals surface area contributed by atoms with E-state index in [1.54, 1.807) is 0 Å². The van der Waals surface area contributed by atoms with Crippen molar-refractivity contribution in [2.45, 2.75) is 12.3 Å². The number of hydrogen-bond acceptors (Lipinski definition) is 5. The molecule has 0 spiro atoms. The molecule has 0 bridgehead atoms. The van der Waals surface area contributed by atoms with Crippen LogP contribution in [0.3, 0.4) is 0 Å². The van der Waals surface area contributed by atoms with Gasteiger partial charge in [-0.15, -0.1) is 0 Å². The van der Waals surface area contributed by atoms with Gasteiger partial charge in [0.15, 0.2) is 0 Å². The number of rotatable bonds is 4. The third kappa shape index (κ3) is 4.57. The summed E-state index contributed by atoms with van der Waals surface area (Å²) in [6.07, 6.45) is -0.435. The van der Waals surface area contributed by atoms with Crippen molar-refractivity contribution in [1.82, 2.24) is 10.6 Å². The van der Waals surface area contributed by atoms with Gasteiger partial charge in [0, 0.05) is 38.1 Å². The van der Waals surface area contributed by atoms with Crippen LogP contribution in [0, 0.1) is 0 Å². The zero-order valence-corrected chi connectivity index (χ0v) is 28.0. The van der Waals surface area contributed by atoms with E-state index in [1.807, 2.05) is 18.2 Å². The van der Waals surface area contributed by atoms with Crippen molar-refractivity contribution in [3.8, 4) is 11.1 Å². The second-order valence-electron chi connectivity index (χ2n) is 13.6. The molecule has 0 radical (unpaired) electrons. The third-order valence-electron chi connectivity index (χ3n) is 10.5. The van der Waals surface area contributed by atoms with Gasteiger partial charge in [0.1, 0.15) is 40.5 Å². The molecule has 8 aromatic carbocycles. The Labute approximate surface area is 298 Å². The van der Waals surface area contributed by atoms with Crippen LogP contribution < -0.4 is 10.6 Å². The summed E-state index contributed by atoms with van der Waals surface area (Å²) in [5, 5.41) is 16.5. The highest BCUT2D eigenvalue weighted by Gasteiger charge is 2.28. The average Bonchev–Trinajstić information content (AvgIpc) is 3.79. The number of benzene rings is 8. The van der Waals surface area contributed by atoms with Crippen LogP contribution in [0.4, 0.5) is 0 Å². The highest BCUT2D eigenvalue weighted by Crippen LogP contribution is 2.41. The SMILES string of the molecule is c1ccc(C2NC(c3ccc(-c4ccc5c(c4)oc4c6ccccc6ccc54)c4oc5ccccc5c34)=NC(c3ccc4ccccc4c3)N2)cc1. The van der Waals surface area contributed by atoms with E-state index in [0.29, 0.717) is 0 Å². The Bertz CT molecular complexity index is 3050. The van der Waals surface area contributed by atoms with E-state index < -0.39 is 0 Å². The molecule has 0 saturated carbocycles. The Morgan fingerprint density at radius 3 is 2.08 bits per heavy atom. The Morgan fingerprint density at radius 1 is 0.462 bits per heavy atom. The summed E-state index contributed by atoms with van der Waals surface area (Å²) in [6, 6.07) is 57.4. The zero-order valence-electron chi connectivity index (χ0n) is 28.0. The standard InChI is InChI=1S/C47H31N3O2/c1-2-12-30(13-3-1)45-48-46(33-19-18-28-10-4-5-14-31(28)26-33)50-47(49-45)39-25-24-35(44-42(39)38-16-8-9-17-40(38)51-44)32-21-22-36-37-23-20-29-11-6-7-15-34(29)43(37)52-41(36)27-32/h1-27,45-46,48H,(H,49,50). The summed E-state index contributed by atoms with van der Waals surface area (Å²) in [5.41, 5.74) is 8.69. The molecule has 5 nitrogen and oxygen atoms in total. The first kappa shape index (κ1) is 29.1. The van der Waals surface area contributed by atoms with Crippen LogP contribution >= 0.6 is 0 Å². The van der Waals surface area contributed by atoms with Crippen molar-refractivity contribution in [3.05, 3.63) is 180 Å². The molecule has 5 heteroatoms. The van der Waals surface area contributed by atoms with Crippen LogP contribution in [0.2, 0.25) is 0 Å². The van der Waals surface area contributed by atoms with Gasteiger partial charge in [-0.1, -0.05) is 121 Å². The third-order valence-corrected chi connectivity index (χ3v) is 10.5. The lowest BCUT2D eigenvalue weighted by molar-refractivity contribution is 0.409. The lowest BCUT2D eigenvalue weighted by Gasteiger charge is -2.32. The summed E-state index contributed by atoms with van der Waals surface area (Å²) in [7, 11) is 0. The molecule has 3 heterocycles. The van der Waals surface area contributed by atoms with Gasteiger partial charge in [-0.2, -0.15) is 0 Å². The molecule has 0 saturated heterocycles. The minimum atomic E-state index is -0.273. The number of fused-ring (bicyclic) bond motifs is 9. The lowest BCUT2D eigenvalue weighted by Crippen LogP contribution is -2.45. The van der Waals surface area contributed by atoms with Crippen molar-refractivity contribution in [3.63, 3.8) is 0 Å². The maximum Gasteiger partial charge on any atom is 0.143 e. The molecule has 246 valence electrons. The van der Waals surface area contributed by atoms with Gasteiger partial charge in [-0.05, 0) is 75.3 Å². The summed E-state index contributed by atoms with van der Waals surface area (Å²) < 4.78 is 13.3. The number of aliphatic imine (C=N–C) groups is 1. The number of amidine groups is 1. The molecule has 2 aromatic heterocycles. The molecule has 2 atom stereocenters. The first-order valence-corrected chi connectivity index (χ1v) is 17.7. The van der Waals surface area contributed by atoms with Crippen molar-refractivity contribution < 1.29 is 8.83 Å². The highest BCUT2D eigenvalue weighted by molar-refractivity contribution is 6.21. The molecular weight excluding hydrogens is 639 g/mol. The van der Waals surface area contributed by atoms with Crippen molar-refractivity contribution in [2.24, 2.45) is 4.99 Å². The van der Waals surface area contributed by atoms with E-state index in [4.69, 9.17) is 13.8 Å². The fraction of sp³-hybridized carbons (Fsp3) is 0.0426. The van der Waals surface area contributed by atoms with Crippen molar-refractivity contribution >= 4 is 71.3 Å². The van der Waals surface area contributed by atoms with Gasteiger partial charge in [-0.25, -0.2) is 4.99 Å². The van der Waals surface area contributed by atoms with Gasteiger partial charge in [0.2, 0.25) is 0 Å². The molecule has 10 aromatic rings. The minimum absolute atomic E-state index is 0.162. The fourth-order valence-electron chi connectivity index (χ4n) is 7.99. The molecule has 52 heavy (non-hydrogen) atoms. The number of nitrogens with one attached hydrogen (secondary N) is 2. The molecule has 1 aliphatic heterocycles. The van der Waals surface area contributed by atoms with Crippen LogP contribution in [0.1, 0.15) is 29.0 Å². The van der Waals surface area contributed by atoms with Gasteiger partial charge < -0.3 is 14.2 Å². The van der Waals surface area contributed by atoms with Crippen molar-refractivity contribution in [1.29, 1.82) is 0 Å². The van der Waals surface area contributed by atoms with Gasteiger partial charge in [0.05, 0.1) is 0 Å². The molecule has 2 unspecified atom stereocenters. The Morgan fingerprint density at radius 2 is 1.17 bits per heavy atom. The summed E-state index contributed by atoms with van der Waals surface area (Å²) in [5.74, 6) is 0.813. The van der Waals surface area contributed by atoms with E-state index in [0.717, 1.165) is 82.9 Å². The molecular formula is C47H31N3O2. The minimum Gasteiger partial charge on any atom is -0.455 e. The Hall–Kier alpha value is -6.69. The average molecular weight is 670 g/mol. The maximum atomic E-state index is 6.74. The Kier molecular flexibility index (Phi) is 6.39. The second kappa shape index (κ2) is 11.4. The van der Waals surface area contributed by atoms with E-state index in [1.165, 1.54) is 16.2 Å². The first-order chi connectivity index (χ1) is 25.7. The molecule has 11 rings (SSSR count). The van der Waals surface area contributed by atoms with Gasteiger partial charge in [-0.3, -0.25) is 5.32 Å². The molecule has 0 aliphatic carbocycles.